The molecule has 2 aromatic rings. The number of aromatic nitrogens is 1. The van der Waals surface area contributed by atoms with Gasteiger partial charge in [-0.05, 0) is 44.5 Å². The SMILES string of the molecule is CCN(CCCNC(=O)c1ccc(C)n1C)c1ccccc1. The average Bonchev–Trinajstić information content (AvgIpc) is 2.88. The lowest BCUT2D eigenvalue weighted by molar-refractivity contribution is 0.0945. The van der Waals surface area contributed by atoms with Crippen LogP contribution in [0.25, 0.3) is 0 Å². The van der Waals surface area contributed by atoms with Gasteiger partial charge in [-0.25, -0.2) is 0 Å². The lowest BCUT2D eigenvalue weighted by atomic mass is 10.2. The molecule has 0 spiro atoms. The second kappa shape index (κ2) is 7.69. The van der Waals surface area contributed by atoms with E-state index in [-0.39, 0.29) is 5.91 Å². The first-order chi connectivity index (χ1) is 10.6. The van der Waals surface area contributed by atoms with Crippen LogP contribution >= 0.6 is 0 Å². The molecule has 118 valence electrons. The molecule has 0 saturated carbocycles. The van der Waals surface area contributed by atoms with E-state index in [4.69, 9.17) is 0 Å². The summed E-state index contributed by atoms with van der Waals surface area (Å²) in [6, 6.07) is 14.2. The molecular weight excluding hydrogens is 274 g/mol. The number of hydrogen-bond acceptors (Lipinski definition) is 2. The van der Waals surface area contributed by atoms with Gasteiger partial charge in [0.05, 0.1) is 0 Å². The van der Waals surface area contributed by atoms with Gasteiger partial charge in [0, 0.05) is 38.1 Å². The normalized spacial score (nSPS) is 10.5. The number of amides is 1. The van der Waals surface area contributed by atoms with E-state index >= 15 is 0 Å². The molecule has 1 aromatic heterocycles. The molecule has 0 radical (unpaired) electrons. The van der Waals surface area contributed by atoms with Crippen molar-refractivity contribution in [3.63, 3.8) is 0 Å². The molecule has 4 nitrogen and oxygen atoms in total. The number of benzene rings is 1. The smallest absolute Gasteiger partial charge is 0.267 e. The Bertz CT molecular complexity index is 604. The highest BCUT2D eigenvalue weighted by atomic mass is 16.1. The molecule has 0 atom stereocenters. The van der Waals surface area contributed by atoms with Gasteiger partial charge in [-0.15, -0.1) is 0 Å². The second-order valence-electron chi connectivity index (χ2n) is 5.44. The Labute approximate surface area is 132 Å². The standard InChI is InChI=1S/C18H25N3O/c1-4-21(16-9-6-5-7-10-16)14-8-13-19-18(22)17-12-11-15(2)20(17)3/h5-7,9-12H,4,8,13-14H2,1-3H3,(H,19,22). The van der Waals surface area contributed by atoms with Crippen LogP contribution in [0.2, 0.25) is 0 Å². The molecule has 1 heterocycles. The van der Waals surface area contributed by atoms with Crippen LogP contribution in [0.3, 0.4) is 0 Å². The summed E-state index contributed by atoms with van der Waals surface area (Å²) in [5.74, 6) is -0.00152. The topological polar surface area (TPSA) is 37.3 Å². The van der Waals surface area contributed by atoms with E-state index < -0.39 is 0 Å². The minimum Gasteiger partial charge on any atom is -0.372 e. The summed E-state index contributed by atoms with van der Waals surface area (Å²) in [6.07, 6.45) is 0.928. The van der Waals surface area contributed by atoms with E-state index in [0.29, 0.717) is 12.2 Å². The highest BCUT2D eigenvalue weighted by Gasteiger charge is 2.10. The highest BCUT2D eigenvalue weighted by Crippen LogP contribution is 2.12. The van der Waals surface area contributed by atoms with Crippen molar-refractivity contribution in [2.45, 2.75) is 20.3 Å². The van der Waals surface area contributed by atoms with Crippen molar-refractivity contribution < 1.29 is 4.79 Å². The molecular formula is C18H25N3O. The van der Waals surface area contributed by atoms with Crippen molar-refractivity contribution in [1.29, 1.82) is 0 Å². The molecule has 0 unspecified atom stereocenters. The number of nitrogens with one attached hydrogen (secondary N) is 1. The molecule has 1 N–H and O–H groups in total. The summed E-state index contributed by atoms with van der Waals surface area (Å²) in [7, 11) is 1.92. The van der Waals surface area contributed by atoms with Gasteiger partial charge < -0.3 is 14.8 Å². The Morgan fingerprint density at radius 2 is 1.91 bits per heavy atom. The first kappa shape index (κ1) is 16.1. The summed E-state index contributed by atoms with van der Waals surface area (Å²) in [5.41, 5.74) is 3.04. The van der Waals surface area contributed by atoms with Crippen LogP contribution in [-0.4, -0.2) is 30.1 Å². The summed E-state index contributed by atoms with van der Waals surface area (Å²) < 4.78 is 1.91. The largest absolute Gasteiger partial charge is 0.372 e. The lowest BCUT2D eigenvalue weighted by Crippen LogP contribution is -2.30. The Balaban J connectivity index is 1.79. The van der Waals surface area contributed by atoms with Gasteiger partial charge in [0.2, 0.25) is 0 Å². The first-order valence-corrected chi connectivity index (χ1v) is 7.84. The van der Waals surface area contributed by atoms with Gasteiger partial charge in [-0.1, -0.05) is 18.2 Å². The Kier molecular flexibility index (Phi) is 5.64. The minimum atomic E-state index is -0.00152. The van der Waals surface area contributed by atoms with E-state index in [2.05, 4.69) is 41.4 Å². The van der Waals surface area contributed by atoms with E-state index in [1.165, 1.54) is 5.69 Å². The van der Waals surface area contributed by atoms with E-state index in [1.54, 1.807) is 0 Å². The Hall–Kier alpha value is -2.23. The summed E-state index contributed by atoms with van der Waals surface area (Å²) >= 11 is 0. The van der Waals surface area contributed by atoms with Crippen LogP contribution in [-0.2, 0) is 7.05 Å². The van der Waals surface area contributed by atoms with Crippen molar-refractivity contribution >= 4 is 11.6 Å². The first-order valence-electron chi connectivity index (χ1n) is 7.84. The summed E-state index contributed by atoms with van der Waals surface area (Å²) in [6.45, 7) is 6.74. The second-order valence-corrected chi connectivity index (χ2v) is 5.44. The summed E-state index contributed by atoms with van der Waals surface area (Å²) in [4.78, 5) is 14.4. The average molecular weight is 299 g/mol. The fourth-order valence-electron chi connectivity index (χ4n) is 2.51. The molecule has 0 aliphatic heterocycles. The van der Waals surface area contributed by atoms with E-state index in [0.717, 1.165) is 25.2 Å². The maximum absolute atomic E-state index is 12.1. The zero-order chi connectivity index (χ0) is 15.9. The maximum Gasteiger partial charge on any atom is 0.267 e. The van der Waals surface area contributed by atoms with Gasteiger partial charge in [0.25, 0.3) is 5.91 Å². The molecule has 0 fully saturated rings. The molecule has 4 heteroatoms. The third-order valence-electron chi connectivity index (χ3n) is 4.00. The lowest BCUT2D eigenvalue weighted by Gasteiger charge is -2.23. The van der Waals surface area contributed by atoms with E-state index in [1.807, 2.05) is 36.7 Å². The molecule has 1 amide bonds. The summed E-state index contributed by atoms with van der Waals surface area (Å²) in [5, 5.41) is 3.00. The molecule has 0 saturated heterocycles. The van der Waals surface area contributed by atoms with Crippen molar-refractivity contribution in [1.82, 2.24) is 9.88 Å². The molecule has 1 aromatic carbocycles. The van der Waals surface area contributed by atoms with Crippen LogP contribution < -0.4 is 10.2 Å². The van der Waals surface area contributed by atoms with Gasteiger partial charge in [-0.3, -0.25) is 4.79 Å². The monoisotopic (exact) mass is 299 g/mol. The Morgan fingerprint density at radius 1 is 1.18 bits per heavy atom. The van der Waals surface area contributed by atoms with Gasteiger partial charge in [0.15, 0.2) is 0 Å². The number of nitrogens with zero attached hydrogens (tertiary/aromatic N) is 2. The molecule has 0 aliphatic rings. The predicted octanol–water partition coefficient (Wildman–Crippen LogP) is 2.98. The molecule has 0 bridgehead atoms. The van der Waals surface area contributed by atoms with Crippen LogP contribution in [0.15, 0.2) is 42.5 Å². The number of aryl methyl sites for hydroxylation is 1. The zero-order valence-electron chi connectivity index (χ0n) is 13.7. The maximum atomic E-state index is 12.1. The van der Waals surface area contributed by atoms with Crippen molar-refractivity contribution in [2.24, 2.45) is 7.05 Å². The number of anilines is 1. The van der Waals surface area contributed by atoms with Crippen LogP contribution in [0, 0.1) is 6.92 Å². The quantitative estimate of drug-likeness (QED) is 0.798. The fourth-order valence-corrected chi connectivity index (χ4v) is 2.51. The van der Waals surface area contributed by atoms with Gasteiger partial charge >= 0.3 is 0 Å². The van der Waals surface area contributed by atoms with Crippen LogP contribution in [0.5, 0.6) is 0 Å². The number of hydrogen-bond donors (Lipinski definition) is 1. The zero-order valence-corrected chi connectivity index (χ0v) is 13.7. The van der Waals surface area contributed by atoms with Crippen LogP contribution in [0.1, 0.15) is 29.5 Å². The molecule has 2 rings (SSSR count). The van der Waals surface area contributed by atoms with Crippen molar-refractivity contribution in [2.75, 3.05) is 24.5 Å². The number of carbonyl (C=O) groups is 1. The van der Waals surface area contributed by atoms with Crippen molar-refractivity contribution in [3.8, 4) is 0 Å². The third kappa shape index (κ3) is 3.91. The molecule has 22 heavy (non-hydrogen) atoms. The van der Waals surface area contributed by atoms with Crippen molar-refractivity contribution in [3.05, 3.63) is 53.9 Å². The minimum absolute atomic E-state index is 0.00152. The third-order valence-corrected chi connectivity index (χ3v) is 4.00. The number of para-hydroxylation sites is 1. The van der Waals surface area contributed by atoms with Crippen LogP contribution in [0.4, 0.5) is 5.69 Å². The van der Waals surface area contributed by atoms with E-state index in [9.17, 15) is 4.79 Å². The number of rotatable bonds is 7. The fraction of sp³-hybridized carbons (Fsp3) is 0.389. The predicted molar refractivity (Wildman–Crippen MR) is 91.4 cm³/mol. The number of carbonyl (C=O) groups excluding carboxylic acids is 1. The van der Waals surface area contributed by atoms with Gasteiger partial charge in [0.1, 0.15) is 5.69 Å². The Morgan fingerprint density at radius 3 is 2.50 bits per heavy atom. The highest BCUT2D eigenvalue weighted by molar-refractivity contribution is 5.92. The van der Waals surface area contributed by atoms with Gasteiger partial charge in [-0.2, -0.15) is 0 Å². The molecule has 0 aliphatic carbocycles.